The molecule has 2 unspecified atom stereocenters. The number of piperidine rings is 2. The molecular formula is C46H54Cl2FN9O5. The minimum atomic E-state index is -0.671. The van der Waals surface area contributed by atoms with Gasteiger partial charge in [-0.2, -0.15) is 5.10 Å². The molecule has 14 nitrogen and oxygen atoms in total. The Kier molecular flexibility index (Phi) is 13.8. The topological polar surface area (TPSA) is 168 Å². The van der Waals surface area contributed by atoms with Crippen molar-refractivity contribution in [1.82, 2.24) is 34.8 Å². The number of carbonyl (C=O) groups is 4. The second-order valence-electron chi connectivity index (χ2n) is 17.2. The molecule has 0 radical (unpaired) electrons. The minimum absolute atomic E-state index is 0.0881. The first-order valence-corrected chi connectivity index (χ1v) is 22.8. The molecule has 2 aromatic heterocycles. The van der Waals surface area contributed by atoms with Crippen LogP contribution >= 0.6 is 23.2 Å². The van der Waals surface area contributed by atoms with E-state index in [1.807, 2.05) is 34.1 Å². The Labute approximate surface area is 376 Å². The fraction of sp³-hybridized carbons (Fsp3) is 0.478. The molecule has 2 aromatic carbocycles. The summed E-state index contributed by atoms with van der Waals surface area (Å²) in [5.74, 6) is -0.378. The molecule has 2 atom stereocenters. The molecule has 4 aromatic rings. The lowest BCUT2D eigenvalue weighted by Crippen LogP contribution is -2.52. The molecule has 4 amide bonds. The number of rotatable bonds is 17. The molecule has 334 valence electrons. The van der Waals surface area contributed by atoms with Crippen molar-refractivity contribution < 1.29 is 28.3 Å². The quantitative estimate of drug-likeness (QED) is 0.0551. The molecule has 6 heterocycles. The maximum Gasteiger partial charge on any atom is 0.255 e. The lowest BCUT2D eigenvalue weighted by Gasteiger charge is -2.39. The molecule has 0 spiro atoms. The average molecular weight is 903 g/mol. The van der Waals surface area contributed by atoms with E-state index < -0.39 is 23.9 Å². The summed E-state index contributed by atoms with van der Waals surface area (Å²) in [6.07, 6.45) is 13.4. The number of nitrogens with one attached hydrogen (secondary N) is 2. The largest absolute Gasteiger partial charge is 0.482 e. The van der Waals surface area contributed by atoms with Crippen LogP contribution in [-0.2, 0) is 20.9 Å². The first kappa shape index (κ1) is 44.4. The van der Waals surface area contributed by atoms with E-state index in [4.69, 9.17) is 33.7 Å². The third kappa shape index (κ3) is 10.1. The number of unbranched alkanes of at least 4 members (excludes halogenated alkanes) is 4. The van der Waals surface area contributed by atoms with Gasteiger partial charge in [-0.3, -0.25) is 29.2 Å². The van der Waals surface area contributed by atoms with Gasteiger partial charge >= 0.3 is 0 Å². The van der Waals surface area contributed by atoms with E-state index >= 15 is 0 Å². The highest BCUT2D eigenvalue weighted by Crippen LogP contribution is 2.38. The number of halogens is 3. The predicted molar refractivity (Wildman–Crippen MR) is 239 cm³/mol. The zero-order chi connectivity index (χ0) is 44.2. The lowest BCUT2D eigenvalue weighted by molar-refractivity contribution is -0.138. The molecule has 0 bridgehead atoms. The summed E-state index contributed by atoms with van der Waals surface area (Å²) in [7, 11) is 0. The van der Waals surface area contributed by atoms with Crippen molar-refractivity contribution in [2.24, 2.45) is 5.92 Å². The summed E-state index contributed by atoms with van der Waals surface area (Å²) in [5.41, 5.74) is 10.5. The second-order valence-corrected chi connectivity index (χ2v) is 18.0. The van der Waals surface area contributed by atoms with Gasteiger partial charge in [-0.1, -0.05) is 48.5 Å². The number of amides is 4. The summed E-state index contributed by atoms with van der Waals surface area (Å²) in [6, 6.07) is 9.71. The van der Waals surface area contributed by atoms with Crippen molar-refractivity contribution in [3.63, 3.8) is 0 Å². The van der Waals surface area contributed by atoms with Crippen LogP contribution in [0.1, 0.15) is 105 Å². The third-order valence-corrected chi connectivity index (χ3v) is 13.6. The number of hydrogen-bond acceptors (Lipinski definition) is 10. The van der Waals surface area contributed by atoms with Gasteiger partial charge in [0.1, 0.15) is 18.0 Å². The number of likely N-dealkylation sites (tertiary alicyclic amines) is 2. The standard InChI is InChI=1S/C46H54Cl2FN9O5/c1-28(42-35(47)11-12-36(49)43(42)48)63-39-20-30(22-52-44(39)50)31-23-53-58(26-31)32-15-18-55(19-16-32)17-6-4-2-3-5-10-41(60)56-24-29(25-56)21-51-37-9-7-8-33-34(37)27-57(46(33)62)38-13-14-40(59)54-45(38)61/h7-9,11-12,20,22-23,26,28-29,32,38,51H,2-6,10,13-19,21,24-25,27H2,1H3,(H2,50,52)(H,54,59,61). The summed E-state index contributed by atoms with van der Waals surface area (Å²) in [5, 5.41) is 10.7. The number of aromatic nitrogens is 3. The Morgan fingerprint density at radius 2 is 1.79 bits per heavy atom. The van der Waals surface area contributed by atoms with Crippen LogP contribution in [0.25, 0.3) is 11.1 Å². The number of imide groups is 1. The predicted octanol–water partition coefficient (Wildman–Crippen LogP) is 7.42. The van der Waals surface area contributed by atoms with Gasteiger partial charge in [0.05, 0.1) is 17.3 Å². The highest BCUT2D eigenvalue weighted by Gasteiger charge is 2.40. The van der Waals surface area contributed by atoms with Gasteiger partial charge in [-0.25, -0.2) is 9.37 Å². The molecule has 17 heteroatoms. The van der Waals surface area contributed by atoms with E-state index in [2.05, 4.69) is 25.6 Å². The maximum atomic E-state index is 14.2. The molecule has 4 N–H and O–H groups in total. The number of carbonyl (C=O) groups excluding carboxylic acids is 4. The monoisotopic (exact) mass is 901 g/mol. The van der Waals surface area contributed by atoms with Crippen molar-refractivity contribution in [1.29, 1.82) is 0 Å². The minimum Gasteiger partial charge on any atom is -0.482 e. The Morgan fingerprint density at radius 3 is 2.59 bits per heavy atom. The molecule has 8 rings (SSSR count). The van der Waals surface area contributed by atoms with Gasteiger partial charge in [-0.15, -0.1) is 0 Å². The Hall–Kier alpha value is -5.25. The number of nitrogens with zero attached hydrogens (tertiary/aromatic N) is 6. The number of benzene rings is 2. The van der Waals surface area contributed by atoms with Crippen molar-refractivity contribution in [3.05, 3.63) is 87.5 Å². The van der Waals surface area contributed by atoms with Gasteiger partial charge < -0.3 is 30.5 Å². The van der Waals surface area contributed by atoms with Crippen LogP contribution in [0, 0.1) is 11.7 Å². The first-order valence-electron chi connectivity index (χ1n) is 22.0. The fourth-order valence-corrected chi connectivity index (χ4v) is 9.85. The maximum absolute atomic E-state index is 14.2. The Bertz CT molecular complexity index is 2350. The van der Waals surface area contributed by atoms with Crippen molar-refractivity contribution >= 4 is 58.3 Å². The van der Waals surface area contributed by atoms with Crippen LogP contribution in [0.2, 0.25) is 10.0 Å². The van der Waals surface area contributed by atoms with Crippen molar-refractivity contribution in [3.8, 4) is 16.9 Å². The highest BCUT2D eigenvalue weighted by atomic mass is 35.5. The van der Waals surface area contributed by atoms with E-state index in [0.717, 1.165) is 100 Å². The average Bonchev–Trinajstić information content (AvgIpc) is 3.88. The fourth-order valence-electron chi connectivity index (χ4n) is 9.17. The molecule has 0 aliphatic carbocycles. The summed E-state index contributed by atoms with van der Waals surface area (Å²) in [4.78, 5) is 60.4. The van der Waals surface area contributed by atoms with Gasteiger partial charge in [0.15, 0.2) is 11.6 Å². The molecular weight excluding hydrogens is 848 g/mol. The van der Waals surface area contributed by atoms with Crippen LogP contribution in [-0.4, -0.2) is 98.4 Å². The summed E-state index contributed by atoms with van der Waals surface area (Å²) in [6.45, 7) is 7.31. The molecule has 3 saturated heterocycles. The van der Waals surface area contributed by atoms with Crippen LogP contribution in [0.15, 0.2) is 55.0 Å². The molecule has 0 saturated carbocycles. The van der Waals surface area contributed by atoms with E-state index in [9.17, 15) is 23.6 Å². The highest BCUT2D eigenvalue weighted by molar-refractivity contribution is 6.36. The van der Waals surface area contributed by atoms with Crippen molar-refractivity contribution in [2.75, 3.05) is 50.3 Å². The molecule has 4 aliphatic rings. The third-order valence-electron chi connectivity index (χ3n) is 12.9. The second kappa shape index (κ2) is 19.6. The van der Waals surface area contributed by atoms with E-state index in [1.54, 1.807) is 30.2 Å². The normalized spacial score (nSPS) is 18.9. The Balaban J connectivity index is 0.687. The summed E-state index contributed by atoms with van der Waals surface area (Å²) >= 11 is 12.5. The number of pyridine rings is 1. The van der Waals surface area contributed by atoms with Gasteiger partial charge in [-0.05, 0) is 75.9 Å². The number of anilines is 2. The van der Waals surface area contributed by atoms with E-state index in [-0.39, 0.29) is 35.0 Å². The molecule has 4 aliphatic heterocycles. The van der Waals surface area contributed by atoms with E-state index in [0.29, 0.717) is 59.8 Å². The number of nitrogens with two attached hydrogens (primary N) is 1. The van der Waals surface area contributed by atoms with Crippen LogP contribution < -0.4 is 21.1 Å². The SMILES string of the molecule is CC(Oc1cc(-c2cnn(C3CCN(CCCCCCCC(=O)N4CC(CNc5cccc6c5CN(C5CCC(=O)NC5=O)C6=O)C4)CC3)c2)cnc1N)c1c(Cl)ccc(F)c1Cl. The summed E-state index contributed by atoms with van der Waals surface area (Å²) < 4.78 is 22.3. The van der Waals surface area contributed by atoms with Crippen LogP contribution in [0.3, 0.4) is 0 Å². The zero-order valence-electron chi connectivity index (χ0n) is 35.5. The number of fused-ring (bicyclic) bond motifs is 1. The Morgan fingerprint density at radius 1 is 1.02 bits per heavy atom. The lowest BCUT2D eigenvalue weighted by atomic mass is 9.98. The zero-order valence-corrected chi connectivity index (χ0v) is 37.0. The van der Waals surface area contributed by atoms with Gasteiger partial charge in [0.25, 0.3) is 5.91 Å². The van der Waals surface area contributed by atoms with Gasteiger partial charge in [0, 0.05) is 109 Å². The van der Waals surface area contributed by atoms with Crippen molar-refractivity contribution in [2.45, 2.75) is 95.9 Å². The van der Waals surface area contributed by atoms with Crippen LogP contribution in [0.4, 0.5) is 15.9 Å². The van der Waals surface area contributed by atoms with Crippen LogP contribution in [0.5, 0.6) is 5.75 Å². The number of hydrogen-bond donors (Lipinski definition) is 3. The molecule has 63 heavy (non-hydrogen) atoms. The number of ether oxygens (including phenoxy) is 1. The van der Waals surface area contributed by atoms with Gasteiger partial charge in [0.2, 0.25) is 17.7 Å². The smallest absolute Gasteiger partial charge is 0.255 e. The molecule has 3 fully saturated rings. The first-order chi connectivity index (χ1) is 30.4. The number of nitrogen functional groups attached to an aromatic ring is 1. The van der Waals surface area contributed by atoms with E-state index in [1.165, 1.54) is 12.1 Å².